The first-order valence-corrected chi connectivity index (χ1v) is 6.33. The van der Waals surface area contributed by atoms with Crippen LogP contribution in [-0.2, 0) is 14.3 Å². The fourth-order valence-corrected chi connectivity index (χ4v) is 1.85. The normalized spacial score (nSPS) is 10.5. The molecule has 17 heavy (non-hydrogen) atoms. The molecule has 0 saturated carbocycles. The number of ether oxygens (including phenoxy) is 2. The number of hydrogen-bond acceptors (Lipinski definition) is 5. The van der Waals surface area contributed by atoms with Gasteiger partial charge in [-0.2, -0.15) is 0 Å². The number of nitrogens with zero attached hydrogens (tertiary/aromatic N) is 1. The SMILES string of the molecule is COCCOCCCC(=O)Nc1ncc(C)s1. The number of aromatic nitrogens is 1. The molecule has 0 unspecified atom stereocenters. The summed E-state index contributed by atoms with van der Waals surface area (Å²) in [5, 5.41) is 3.41. The maximum Gasteiger partial charge on any atom is 0.226 e. The highest BCUT2D eigenvalue weighted by atomic mass is 32.1. The van der Waals surface area contributed by atoms with Crippen LogP contribution in [0.15, 0.2) is 6.20 Å². The molecule has 0 aliphatic heterocycles. The van der Waals surface area contributed by atoms with E-state index in [1.54, 1.807) is 13.3 Å². The molecule has 0 atom stereocenters. The van der Waals surface area contributed by atoms with Crippen LogP contribution in [0.3, 0.4) is 0 Å². The molecule has 0 spiro atoms. The zero-order valence-electron chi connectivity index (χ0n) is 10.2. The third kappa shape index (κ3) is 6.35. The summed E-state index contributed by atoms with van der Waals surface area (Å²) in [6.07, 6.45) is 2.90. The standard InChI is InChI=1S/C11H18N2O3S/c1-9-8-12-11(17-9)13-10(14)4-3-5-16-7-6-15-2/h8H,3-7H2,1-2H3,(H,12,13,14). The van der Waals surface area contributed by atoms with E-state index in [0.717, 1.165) is 4.88 Å². The van der Waals surface area contributed by atoms with Gasteiger partial charge in [0.2, 0.25) is 5.91 Å². The van der Waals surface area contributed by atoms with Crippen molar-refractivity contribution >= 4 is 22.4 Å². The van der Waals surface area contributed by atoms with Crippen molar-refractivity contribution in [2.45, 2.75) is 19.8 Å². The lowest BCUT2D eigenvalue weighted by atomic mass is 10.3. The van der Waals surface area contributed by atoms with Gasteiger partial charge in [-0.1, -0.05) is 0 Å². The largest absolute Gasteiger partial charge is 0.382 e. The Kier molecular flexibility index (Phi) is 6.76. The maximum atomic E-state index is 11.5. The summed E-state index contributed by atoms with van der Waals surface area (Å²) < 4.78 is 10.1. The molecule has 96 valence electrons. The predicted molar refractivity (Wildman–Crippen MR) is 67.4 cm³/mol. The molecule has 0 saturated heterocycles. The van der Waals surface area contributed by atoms with Gasteiger partial charge in [0.1, 0.15) is 0 Å². The maximum absolute atomic E-state index is 11.5. The summed E-state index contributed by atoms with van der Waals surface area (Å²) in [7, 11) is 1.63. The molecule has 0 aliphatic rings. The van der Waals surface area contributed by atoms with Crippen molar-refractivity contribution in [3.05, 3.63) is 11.1 Å². The van der Waals surface area contributed by atoms with Crippen molar-refractivity contribution in [1.82, 2.24) is 4.98 Å². The number of anilines is 1. The Labute approximate surface area is 105 Å². The highest BCUT2D eigenvalue weighted by Crippen LogP contribution is 2.16. The molecule has 0 bridgehead atoms. The van der Waals surface area contributed by atoms with E-state index in [2.05, 4.69) is 10.3 Å². The first kappa shape index (κ1) is 14.1. The number of amides is 1. The zero-order chi connectivity index (χ0) is 12.5. The minimum Gasteiger partial charge on any atom is -0.382 e. The lowest BCUT2D eigenvalue weighted by molar-refractivity contribution is -0.116. The molecule has 1 aromatic rings. The summed E-state index contributed by atoms with van der Waals surface area (Å²) in [6, 6.07) is 0. The van der Waals surface area contributed by atoms with E-state index < -0.39 is 0 Å². The quantitative estimate of drug-likeness (QED) is 0.723. The summed E-state index contributed by atoms with van der Waals surface area (Å²) >= 11 is 1.48. The van der Waals surface area contributed by atoms with Crippen molar-refractivity contribution < 1.29 is 14.3 Å². The van der Waals surface area contributed by atoms with Gasteiger partial charge in [-0.05, 0) is 13.3 Å². The van der Waals surface area contributed by atoms with E-state index in [1.807, 2.05) is 6.92 Å². The van der Waals surface area contributed by atoms with Crippen LogP contribution in [0.1, 0.15) is 17.7 Å². The third-order valence-corrected chi connectivity index (χ3v) is 2.82. The Morgan fingerprint density at radius 3 is 2.94 bits per heavy atom. The number of nitrogens with one attached hydrogen (secondary N) is 1. The van der Waals surface area contributed by atoms with Gasteiger partial charge in [-0.15, -0.1) is 11.3 Å². The van der Waals surface area contributed by atoms with Crippen LogP contribution in [0.4, 0.5) is 5.13 Å². The van der Waals surface area contributed by atoms with E-state index in [-0.39, 0.29) is 5.91 Å². The summed E-state index contributed by atoms with van der Waals surface area (Å²) in [4.78, 5) is 16.6. The van der Waals surface area contributed by atoms with Crippen molar-refractivity contribution in [1.29, 1.82) is 0 Å². The molecular weight excluding hydrogens is 240 g/mol. The van der Waals surface area contributed by atoms with Gasteiger partial charge in [0.15, 0.2) is 5.13 Å². The Morgan fingerprint density at radius 1 is 1.47 bits per heavy atom. The average Bonchev–Trinajstić information content (AvgIpc) is 2.69. The fourth-order valence-electron chi connectivity index (χ4n) is 1.17. The van der Waals surface area contributed by atoms with Gasteiger partial charge < -0.3 is 14.8 Å². The van der Waals surface area contributed by atoms with E-state index in [9.17, 15) is 4.79 Å². The molecule has 5 nitrogen and oxygen atoms in total. The first-order chi connectivity index (χ1) is 8.22. The molecule has 1 aromatic heterocycles. The second-order valence-electron chi connectivity index (χ2n) is 3.53. The number of thiazole rings is 1. The van der Waals surface area contributed by atoms with Gasteiger partial charge in [-0.25, -0.2) is 4.98 Å². The van der Waals surface area contributed by atoms with Crippen LogP contribution in [0.25, 0.3) is 0 Å². The molecule has 0 fully saturated rings. The van der Waals surface area contributed by atoms with Crippen LogP contribution in [-0.4, -0.2) is 37.8 Å². The smallest absolute Gasteiger partial charge is 0.226 e. The summed E-state index contributed by atoms with van der Waals surface area (Å²) in [6.45, 7) is 3.69. The molecular formula is C11H18N2O3S. The number of carbonyl (C=O) groups is 1. The fraction of sp³-hybridized carbons (Fsp3) is 0.636. The van der Waals surface area contributed by atoms with Gasteiger partial charge in [0.25, 0.3) is 0 Å². The van der Waals surface area contributed by atoms with Crippen molar-refractivity contribution in [2.24, 2.45) is 0 Å². The first-order valence-electron chi connectivity index (χ1n) is 5.51. The number of methoxy groups -OCH3 is 1. The van der Waals surface area contributed by atoms with Crippen LogP contribution in [0.5, 0.6) is 0 Å². The number of carbonyl (C=O) groups excluding carboxylic acids is 1. The second-order valence-corrected chi connectivity index (χ2v) is 4.77. The Hall–Kier alpha value is -0.980. The van der Waals surface area contributed by atoms with Crippen molar-refractivity contribution in [2.75, 3.05) is 32.2 Å². The highest BCUT2D eigenvalue weighted by Gasteiger charge is 2.04. The zero-order valence-corrected chi connectivity index (χ0v) is 11.0. The number of rotatable bonds is 8. The second kappa shape index (κ2) is 8.16. The van der Waals surface area contributed by atoms with Gasteiger partial charge in [0, 0.05) is 31.2 Å². The van der Waals surface area contributed by atoms with E-state index >= 15 is 0 Å². The topological polar surface area (TPSA) is 60.5 Å². The van der Waals surface area contributed by atoms with Gasteiger partial charge >= 0.3 is 0 Å². The molecule has 1 N–H and O–H groups in total. The van der Waals surface area contributed by atoms with Gasteiger partial charge in [0.05, 0.1) is 13.2 Å². The molecule has 1 rings (SSSR count). The lowest BCUT2D eigenvalue weighted by Gasteiger charge is -2.03. The van der Waals surface area contributed by atoms with Crippen molar-refractivity contribution in [3.63, 3.8) is 0 Å². The molecule has 1 amide bonds. The molecule has 1 heterocycles. The Balaban J connectivity index is 2.05. The molecule has 6 heteroatoms. The number of hydrogen-bond donors (Lipinski definition) is 1. The monoisotopic (exact) mass is 258 g/mol. The van der Waals surface area contributed by atoms with Crippen molar-refractivity contribution in [3.8, 4) is 0 Å². The Morgan fingerprint density at radius 2 is 2.29 bits per heavy atom. The van der Waals surface area contributed by atoms with Gasteiger partial charge in [-0.3, -0.25) is 4.79 Å². The number of aryl methyl sites for hydroxylation is 1. The van der Waals surface area contributed by atoms with Crippen LogP contribution < -0.4 is 5.32 Å². The third-order valence-electron chi connectivity index (χ3n) is 1.99. The summed E-state index contributed by atoms with van der Waals surface area (Å²) in [5.74, 6) is -0.0188. The van der Waals surface area contributed by atoms with E-state index in [4.69, 9.17) is 9.47 Å². The molecule has 0 radical (unpaired) electrons. The molecule has 0 aliphatic carbocycles. The predicted octanol–water partition coefficient (Wildman–Crippen LogP) is 1.83. The minimum atomic E-state index is -0.0188. The molecule has 0 aromatic carbocycles. The summed E-state index contributed by atoms with van der Waals surface area (Å²) in [5.41, 5.74) is 0. The van der Waals surface area contributed by atoms with E-state index in [0.29, 0.717) is 37.8 Å². The van der Waals surface area contributed by atoms with Crippen LogP contribution >= 0.6 is 11.3 Å². The minimum absolute atomic E-state index is 0.0188. The highest BCUT2D eigenvalue weighted by molar-refractivity contribution is 7.15. The average molecular weight is 258 g/mol. The van der Waals surface area contributed by atoms with Crippen LogP contribution in [0.2, 0.25) is 0 Å². The van der Waals surface area contributed by atoms with E-state index in [1.165, 1.54) is 11.3 Å². The Bertz CT molecular complexity index is 341. The van der Waals surface area contributed by atoms with Crippen LogP contribution in [0, 0.1) is 6.92 Å². The lowest BCUT2D eigenvalue weighted by Crippen LogP contribution is -2.12.